The third-order valence-electron chi connectivity index (χ3n) is 2.56. The molecule has 2 rings (SSSR count). The van der Waals surface area contributed by atoms with Crippen LogP contribution in [0.1, 0.15) is 23.1 Å². The fourth-order valence-corrected chi connectivity index (χ4v) is 1.73. The highest BCUT2D eigenvalue weighted by molar-refractivity contribution is 5.38. The van der Waals surface area contributed by atoms with Crippen molar-refractivity contribution >= 4 is 5.82 Å². The molecule has 0 amide bonds. The number of rotatable bonds is 3. The zero-order valence-electron chi connectivity index (χ0n) is 9.31. The van der Waals surface area contributed by atoms with Gasteiger partial charge in [0.25, 0.3) is 0 Å². The number of hydrogen-bond donors (Lipinski definition) is 3. The molecule has 2 heterocycles. The van der Waals surface area contributed by atoms with Gasteiger partial charge in [0.2, 0.25) is 0 Å². The molecule has 4 N–H and O–H groups in total. The second-order valence-corrected chi connectivity index (χ2v) is 3.86. The van der Waals surface area contributed by atoms with E-state index in [1.54, 1.807) is 10.9 Å². The summed E-state index contributed by atoms with van der Waals surface area (Å²) < 4.78 is 1.76. The Bertz CT molecular complexity index is 487. The molecule has 2 aromatic rings. The summed E-state index contributed by atoms with van der Waals surface area (Å²) in [5.74, 6) is 0.409. The molecular formula is C10H15N5O. The number of nitrogens with two attached hydrogens (primary N) is 1. The molecule has 0 radical (unpaired) electrons. The van der Waals surface area contributed by atoms with E-state index in [0.29, 0.717) is 17.8 Å². The molecule has 1 unspecified atom stereocenters. The number of aromatic nitrogens is 4. The van der Waals surface area contributed by atoms with Crippen LogP contribution in [0.4, 0.5) is 5.82 Å². The number of aliphatic hydroxyl groups is 1. The SMILES string of the molecule is Cc1cc(CC(O)c2cn[nH]c2N)n(C)n1. The van der Waals surface area contributed by atoms with E-state index in [9.17, 15) is 5.11 Å². The van der Waals surface area contributed by atoms with Gasteiger partial charge >= 0.3 is 0 Å². The lowest BCUT2D eigenvalue weighted by molar-refractivity contribution is 0.176. The Labute approximate surface area is 93.1 Å². The van der Waals surface area contributed by atoms with Crippen LogP contribution in [-0.4, -0.2) is 25.1 Å². The molecular weight excluding hydrogens is 206 g/mol. The van der Waals surface area contributed by atoms with Crippen molar-refractivity contribution in [3.8, 4) is 0 Å². The molecule has 6 nitrogen and oxygen atoms in total. The minimum absolute atomic E-state index is 0.409. The summed E-state index contributed by atoms with van der Waals surface area (Å²) in [5, 5.41) is 20.6. The summed E-state index contributed by atoms with van der Waals surface area (Å²) in [4.78, 5) is 0. The fourth-order valence-electron chi connectivity index (χ4n) is 1.73. The maximum Gasteiger partial charge on any atom is 0.124 e. The van der Waals surface area contributed by atoms with Gasteiger partial charge in [0.15, 0.2) is 0 Å². The molecule has 0 spiro atoms. The van der Waals surface area contributed by atoms with Crippen molar-refractivity contribution in [1.29, 1.82) is 0 Å². The third kappa shape index (κ3) is 1.92. The number of hydrogen-bond acceptors (Lipinski definition) is 4. The van der Waals surface area contributed by atoms with E-state index in [1.807, 2.05) is 20.0 Å². The molecule has 0 aliphatic heterocycles. The molecule has 0 fully saturated rings. The lowest BCUT2D eigenvalue weighted by atomic mass is 10.1. The van der Waals surface area contributed by atoms with Crippen LogP contribution >= 0.6 is 0 Å². The zero-order valence-corrected chi connectivity index (χ0v) is 9.31. The first kappa shape index (κ1) is 10.7. The van der Waals surface area contributed by atoms with Crippen LogP contribution in [0.5, 0.6) is 0 Å². The van der Waals surface area contributed by atoms with Gasteiger partial charge < -0.3 is 10.8 Å². The Kier molecular flexibility index (Phi) is 2.66. The van der Waals surface area contributed by atoms with Crippen LogP contribution in [0, 0.1) is 6.92 Å². The monoisotopic (exact) mass is 221 g/mol. The summed E-state index contributed by atoms with van der Waals surface area (Å²) in [6.45, 7) is 1.92. The standard InChI is InChI=1S/C10H15N5O/c1-6-3-7(15(2)14-6)4-9(16)8-5-12-13-10(8)11/h3,5,9,16H,4H2,1-2H3,(H3,11,12,13). The lowest BCUT2D eigenvalue weighted by Crippen LogP contribution is -2.07. The summed E-state index contributed by atoms with van der Waals surface area (Å²) in [6, 6.07) is 1.94. The summed E-state index contributed by atoms with van der Waals surface area (Å²) in [5.41, 5.74) is 8.16. The molecule has 2 aromatic heterocycles. The van der Waals surface area contributed by atoms with Crippen molar-refractivity contribution < 1.29 is 5.11 Å². The first-order valence-electron chi connectivity index (χ1n) is 5.04. The van der Waals surface area contributed by atoms with Crippen molar-refractivity contribution in [2.45, 2.75) is 19.4 Å². The van der Waals surface area contributed by atoms with E-state index in [0.717, 1.165) is 11.4 Å². The highest BCUT2D eigenvalue weighted by atomic mass is 16.3. The molecule has 0 bridgehead atoms. The van der Waals surface area contributed by atoms with Crippen molar-refractivity contribution in [2.75, 3.05) is 5.73 Å². The molecule has 0 aliphatic rings. The Morgan fingerprint density at radius 3 is 2.88 bits per heavy atom. The van der Waals surface area contributed by atoms with Gasteiger partial charge in [0.1, 0.15) is 5.82 Å². The van der Waals surface area contributed by atoms with Crippen molar-refractivity contribution in [3.63, 3.8) is 0 Å². The maximum atomic E-state index is 10.00. The van der Waals surface area contributed by atoms with E-state index < -0.39 is 6.10 Å². The van der Waals surface area contributed by atoms with Crippen LogP contribution < -0.4 is 5.73 Å². The number of nitrogen functional groups attached to an aromatic ring is 1. The van der Waals surface area contributed by atoms with Crippen molar-refractivity contribution in [1.82, 2.24) is 20.0 Å². The quantitative estimate of drug-likeness (QED) is 0.695. The van der Waals surface area contributed by atoms with Gasteiger partial charge in [-0.15, -0.1) is 0 Å². The molecule has 86 valence electrons. The lowest BCUT2D eigenvalue weighted by Gasteiger charge is -2.09. The molecule has 0 saturated heterocycles. The largest absolute Gasteiger partial charge is 0.388 e. The highest BCUT2D eigenvalue weighted by Gasteiger charge is 2.15. The molecule has 0 aromatic carbocycles. The fraction of sp³-hybridized carbons (Fsp3) is 0.400. The summed E-state index contributed by atoms with van der Waals surface area (Å²) >= 11 is 0. The van der Waals surface area contributed by atoms with Gasteiger partial charge in [-0.05, 0) is 13.0 Å². The number of nitrogens with one attached hydrogen (secondary N) is 1. The minimum Gasteiger partial charge on any atom is -0.388 e. The first-order chi connectivity index (χ1) is 7.58. The van der Waals surface area contributed by atoms with Gasteiger partial charge in [-0.1, -0.05) is 0 Å². The molecule has 1 atom stereocenters. The van der Waals surface area contributed by atoms with Gasteiger partial charge in [0, 0.05) is 24.7 Å². The van der Waals surface area contributed by atoms with Crippen molar-refractivity contribution in [2.24, 2.45) is 7.05 Å². The maximum absolute atomic E-state index is 10.00. The second kappa shape index (κ2) is 3.97. The molecule has 16 heavy (non-hydrogen) atoms. The Morgan fingerprint density at radius 2 is 2.38 bits per heavy atom. The van der Waals surface area contributed by atoms with Crippen LogP contribution in [0.3, 0.4) is 0 Å². The number of anilines is 1. The number of nitrogens with zero attached hydrogens (tertiary/aromatic N) is 3. The van der Waals surface area contributed by atoms with Crippen LogP contribution in [0.15, 0.2) is 12.3 Å². The van der Waals surface area contributed by atoms with E-state index >= 15 is 0 Å². The molecule has 0 saturated carbocycles. The summed E-state index contributed by atoms with van der Waals surface area (Å²) in [6.07, 6.45) is 1.36. The minimum atomic E-state index is -0.659. The van der Waals surface area contributed by atoms with E-state index in [1.165, 1.54) is 0 Å². The smallest absolute Gasteiger partial charge is 0.124 e. The van der Waals surface area contributed by atoms with Crippen LogP contribution in [0.2, 0.25) is 0 Å². The highest BCUT2D eigenvalue weighted by Crippen LogP contribution is 2.21. The summed E-state index contributed by atoms with van der Waals surface area (Å²) in [7, 11) is 1.85. The average molecular weight is 221 g/mol. The third-order valence-corrected chi connectivity index (χ3v) is 2.56. The number of aliphatic hydroxyl groups excluding tert-OH is 1. The molecule has 6 heteroatoms. The average Bonchev–Trinajstić information content (AvgIpc) is 2.74. The van der Waals surface area contributed by atoms with E-state index in [-0.39, 0.29) is 0 Å². The number of aromatic amines is 1. The van der Waals surface area contributed by atoms with E-state index in [4.69, 9.17) is 5.73 Å². The van der Waals surface area contributed by atoms with Gasteiger partial charge in [-0.3, -0.25) is 9.78 Å². The van der Waals surface area contributed by atoms with Crippen LogP contribution in [-0.2, 0) is 13.5 Å². The van der Waals surface area contributed by atoms with Crippen LogP contribution in [0.25, 0.3) is 0 Å². The topological polar surface area (TPSA) is 92.8 Å². The predicted octanol–water partition coefficient (Wildman–Crippen LogP) is 0.310. The normalized spacial score (nSPS) is 12.9. The predicted molar refractivity (Wildman–Crippen MR) is 59.6 cm³/mol. The van der Waals surface area contributed by atoms with E-state index in [2.05, 4.69) is 15.3 Å². The number of H-pyrrole nitrogens is 1. The Balaban J connectivity index is 2.16. The second-order valence-electron chi connectivity index (χ2n) is 3.86. The van der Waals surface area contributed by atoms with Gasteiger partial charge in [-0.25, -0.2) is 0 Å². The van der Waals surface area contributed by atoms with Gasteiger partial charge in [0.05, 0.1) is 18.0 Å². The first-order valence-corrected chi connectivity index (χ1v) is 5.04. The number of aryl methyl sites for hydroxylation is 2. The Morgan fingerprint density at radius 1 is 1.62 bits per heavy atom. The Hall–Kier alpha value is -1.82. The molecule has 0 aliphatic carbocycles. The van der Waals surface area contributed by atoms with Gasteiger partial charge in [-0.2, -0.15) is 10.2 Å². The zero-order chi connectivity index (χ0) is 11.7. The van der Waals surface area contributed by atoms with Crippen molar-refractivity contribution in [3.05, 3.63) is 29.2 Å².